The summed E-state index contributed by atoms with van der Waals surface area (Å²) >= 11 is 6.48. The molecule has 8 heteroatoms. The number of hydrogen-bond acceptors (Lipinski definition) is 7. The summed E-state index contributed by atoms with van der Waals surface area (Å²) in [6.07, 6.45) is 9.28. The Morgan fingerprint density at radius 3 is 2.65 bits per heavy atom. The number of ketones is 1. The normalized spacial score (nSPS) is 17.7. The molecule has 1 fully saturated rings. The van der Waals surface area contributed by atoms with E-state index in [1.54, 1.807) is 32.9 Å². The third-order valence-corrected chi connectivity index (χ3v) is 7.06. The SMILES string of the molecule is C/C(=C\Cc1c(O)c(C=O)c(C)c(Cl)c1OC(=O)c1cccnc1)CC/C=C(\C)[C@@H]1CC(=O)C(C)(C)O1. The van der Waals surface area contributed by atoms with Gasteiger partial charge in [0, 0.05) is 24.4 Å². The molecule has 2 aromatic rings. The van der Waals surface area contributed by atoms with Crippen molar-refractivity contribution in [3.05, 3.63) is 75.1 Å². The average molecular weight is 526 g/mol. The van der Waals surface area contributed by atoms with E-state index < -0.39 is 11.6 Å². The fourth-order valence-electron chi connectivity index (χ4n) is 4.11. The molecule has 0 amide bonds. The standard InChI is InChI=1S/C29H32ClNO6/c1-17(8-6-9-18(2)23-14-24(33)29(4,5)37-23)11-12-21-26(34)22(16-32)19(3)25(30)27(21)36-28(35)20-10-7-13-31-15-20/h7,9-11,13,15-16,23,34H,6,8,12,14H2,1-5H3/b17-11+,18-9+/t23-/m0/s1. The number of pyridine rings is 1. The highest BCUT2D eigenvalue weighted by atomic mass is 35.5. The van der Waals surface area contributed by atoms with E-state index in [9.17, 15) is 19.5 Å². The maximum absolute atomic E-state index is 12.7. The first-order valence-electron chi connectivity index (χ1n) is 12.1. The smallest absolute Gasteiger partial charge is 0.345 e. The summed E-state index contributed by atoms with van der Waals surface area (Å²) in [5.74, 6) is -0.823. The number of phenols is 1. The van der Waals surface area contributed by atoms with E-state index in [4.69, 9.17) is 21.1 Å². The second-order valence-corrected chi connectivity index (χ2v) is 10.1. The molecule has 0 bridgehead atoms. The van der Waals surface area contributed by atoms with Crippen LogP contribution >= 0.6 is 11.6 Å². The summed E-state index contributed by atoms with van der Waals surface area (Å²) in [7, 11) is 0. The quantitative estimate of drug-likeness (QED) is 0.182. The van der Waals surface area contributed by atoms with Gasteiger partial charge in [0.1, 0.15) is 11.4 Å². The van der Waals surface area contributed by atoms with Gasteiger partial charge in [-0.3, -0.25) is 14.6 Å². The Bertz CT molecular complexity index is 1260. The second-order valence-electron chi connectivity index (χ2n) is 9.74. The second kappa shape index (κ2) is 11.8. The van der Waals surface area contributed by atoms with E-state index in [2.05, 4.69) is 11.1 Å². The summed E-state index contributed by atoms with van der Waals surface area (Å²) in [4.78, 5) is 40.3. The Kier molecular flexibility index (Phi) is 9.05. The minimum Gasteiger partial charge on any atom is -0.507 e. The molecule has 3 rings (SSSR count). The number of Topliss-reactive ketones (excluding diaryl/α,β-unsaturated/α-hetero) is 1. The maximum Gasteiger partial charge on any atom is 0.345 e. The van der Waals surface area contributed by atoms with Crippen LogP contribution in [0.2, 0.25) is 5.02 Å². The fourth-order valence-corrected chi connectivity index (χ4v) is 4.37. The molecule has 0 unspecified atom stereocenters. The Morgan fingerprint density at radius 2 is 2.05 bits per heavy atom. The van der Waals surface area contributed by atoms with Crippen LogP contribution in [0.3, 0.4) is 0 Å². The van der Waals surface area contributed by atoms with Crippen LogP contribution in [0.15, 0.2) is 47.8 Å². The molecule has 1 atom stereocenters. The molecule has 0 saturated carbocycles. The first-order valence-corrected chi connectivity index (χ1v) is 12.5. The molecule has 1 aromatic heterocycles. The van der Waals surface area contributed by atoms with Crippen LogP contribution in [0.4, 0.5) is 0 Å². The van der Waals surface area contributed by atoms with Gasteiger partial charge in [0.15, 0.2) is 17.8 Å². The maximum atomic E-state index is 12.7. The molecular weight excluding hydrogens is 494 g/mol. The molecule has 196 valence electrons. The first-order chi connectivity index (χ1) is 17.5. The first kappa shape index (κ1) is 28.3. The predicted molar refractivity (Wildman–Crippen MR) is 141 cm³/mol. The highest BCUT2D eigenvalue weighted by Crippen LogP contribution is 2.42. The van der Waals surface area contributed by atoms with Crippen LogP contribution in [0.5, 0.6) is 11.5 Å². The summed E-state index contributed by atoms with van der Waals surface area (Å²) in [6, 6.07) is 3.17. The molecular formula is C29H32ClNO6. The molecule has 0 aliphatic carbocycles. The zero-order valence-corrected chi connectivity index (χ0v) is 22.5. The molecule has 1 aliphatic rings. The van der Waals surface area contributed by atoms with Gasteiger partial charge in [-0.1, -0.05) is 29.3 Å². The number of ether oxygens (including phenoxy) is 2. The monoisotopic (exact) mass is 525 g/mol. The van der Waals surface area contributed by atoms with Crippen molar-refractivity contribution in [2.24, 2.45) is 0 Å². The number of rotatable bonds is 9. The van der Waals surface area contributed by atoms with Gasteiger partial charge < -0.3 is 14.6 Å². The Morgan fingerprint density at radius 1 is 1.32 bits per heavy atom. The lowest BCUT2D eigenvalue weighted by atomic mass is 9.98. The van der Waals surface area contributed by atoms with Gasteiger partial charge >= 0.3 is 5.97 Å². The van der Waals surface area contributed by atoms with Crippen molar-refractivity contribution in [2.75, 3.05) is 0 Å². The number of hydrogen-bond donors (Lipinski definition) is 1. The lowest BCUT2D eigenvalue weighted by molar-refractivity contribution is -0.129. The van der Waals surface area contributed by atoms with E-state index in [0.29, 0.717) is 18.3 Å². The summed E-state index contributed by atoms with van der Waals surface area (Å²) in [5, 5.41) is 10.9. The molecule has 37 heavy (non-hydrogen) atoms. The van der Waals surface area contributed by atoms with Gasteiger partial charge in [-0.25, -0.2) is 4.79 Å². The summed E-state index contributed by atoms with van der Waals surface area (Å²) in [6.45, 7) is 9.09. The molecule has 0 spiro atoms. The van der Waals surface area contributed by atoms with Crippen LogP contribution < -0.4 is 4.74 Å². The van der Waals surface area contributed by atoms with Crippen molar-refractivity contribution >= 4 is 29.6 Å². The summed E-state index contributed by atoms with van der Waals surface area (Å²) < 4.78 is 11.5. The number of aldehydes is 1. The minimum absolute atomic E-state index is 0.0153. The predicted octanol–water partition coefficient (Wildman–Crippen LogP) is 6.13. The third-order valence-electron chi connectivity index (χ3n) is 6.60. The molecule has 2 heterocycles. The van der Waals surface area contributed by atoms with Crippen molar-refractivity contribution in [1.29, 1.82) is 0 Å². The van der Waals surface area contributed by atoms with E-state index >= 15 is 0 Å². The van der Waals surface area contributed by atoms with E-state index in [1.165, 1.54) is 12.4 Å². The van der Waals surface area contributed by atoms with E-state index in [0.717, 1.165) is 24.0 Å². The van der Waals surface area contributed by atoms with Crippen LogP contribution in [0.1, 0.15) is 78.8 Å². The van der Waals surface area contributed by atoms with Gasteiger partial charge in [-0.2, -0.15) is 0 Å². The lowest BCUT2D eigenvalue weighted by Gasteiger charge is -2.18. The minimum atomic E-state index is -0.745. The Balaban J connectivity index is 1.77. The van der Waals surface area contributed by atoms with Gasteiger partial charge in [0.2, 0.25) is 0 Å². The fraction of sp³-hybridized carbons (Fsp3) is 0.379. The number of allylic oxidation sites excluding steroid dienone is 3. The van der Waals surface area contributed by atoms with Gasteiger partial charge in [-0.15, -0.1) is 0 Å². The molecule has 1 saturated heterocycles. The average Bonchev–Trinajstić information content (AvgIpc) is 3.15. The van der Waals surface area contributed by atoms with Crippen LogP contribution in [-0.4, -0.2) is 39.8 Å². The van der Waals surface area contributed by atoms with Gasteiger partial charge in [0.25, 0.3) is 0 Å². The number of halogens is 1. The zero-order chi connectivity index (χ0) is 27.3. The number of carbonyl (C=O) groups is 3. The van der Waals surface area contributed by atoms with Crippen LogP contribution in [0.25, 0.3) is 0 Å². The number of phenolic OH excluding ortho intramolecular Hbond substituents is 1. The van der Waals surface area contributed by atoms with Gasteiger partial charge in [0.05, 0.1) is 22.3 Å². The number of benzene rings is 1. The number of nitrogens with zero attached hydrogens (tertiary/aromatic N) is 1. The third kappa shape index (κ3) is 6.53. The Hall–Kier alpha value is -3.29. The van der Waals surface area contributed by atoms with E-state index in [-0.39, 0.29) is 51.5 Å². The number of aromatic nitrogens is 1. The van der Waals surface area contributed by atoms with Crippen molar-refractivity contribution in [2.45, 2.75) is 72.0 Å². The molecule has 1 N–H and O–H groups in total. The number of carbonyl (C=O) groups excluding carboxylic acids is 3. The Labute approximate surface area is 222 Å². The van der Waals surface area contributed by atoms with Crippen molar-refractivity contribution in [3.8, 4) is 11.5 Å². The molecule has 0 radical (unpaired) electrons. The topological polar surface area (TPSA) is 103 Å². The highest BCUT2D eigenvalue weighted by Gasteiger charge is 2.40. The molecule has 1 aromatic carbocycles. The zero-order valence-electron chi connectivity index (χ0n) is 21.8. The van der Waals surface area contributed by atoms with Crippen molar-refractivity contribution in [1.82, 2.24) is 4.98 Å². The molecule has 7 nitrogen and oxygen atoms in total. The summed E-state index contributed by atoms with van der Waals surface area (Å²) in [5.41, 5.74) is 2.16. The van der Waals surface area contributed by atoms with Crippen molar-refractivity contribution in [3.63, 3.8) is 0 Å². The van der Waals surface area contributed by atoms with Crippen LogP contribution in [-0.2, 0) is 16.0 Å². The molecule has 1 aliphatic heterocycles. The van der Waals surface area contributed by atoms with E-state index in [1.807, 2.05) is 19.9 Å². The number of aromatic hydroxyl groups is 1. The highest BCUT2D eigenvalue weighted by molar-refractivity contribution is 6.33. The number of esters is 1. The van der Waals surface area contributed by atoms with Crippen molar-refractivity contribution < 1.29 is 29.0 Å². The largest absolute Gasteiger partial charge is 0.507 e. The van der Waals surface area contributed by atoms with Gasteiger partial charge in [-0.05, 0) is 77.2 Å². The van der Waals surface area contributed by atoms with Crippen LogP contribution in [0, 0.1) is 6.92 Å². The lowest BCUT2D eigenvalue weighted by Crippen LogP contribution is -2.27.